The summed E-state index contributed by atoms with van der Waals surface area (Å²) in [6.07, 6.45) is 2.30. The molecule has 0 amide bonds. The average molecular weight is 291 g/mol. The zero-order valence-electron chi connectivity index (χ0n) is 11.2. The van der Waals surface area contributed by atoms with Crippen LogP contribution in [0.3, 0.4) is 0 Å². The molecule has 2 heterocycles. The number of nitrogens with two attached hydrogens (primary N) is 1. The molecule has 1 fully saturated rings. The quantitative estimate of drug-likeness (QED) is 0.903. The molecule has 0 spiro atoms. The fourth-order valence-electron chi connectivity index (χ4n) is 2.51. The van der Waals surface area contributed by atoms with E-state index in [2.05, 4.69) is 10.2 Å². The molecule has 2 aromatic rings. The summed E-state index contributed by atoms with van der Waals surface area (Å²) in [6.45, 7) is 2.54. The highest BCUT2D eigenvalue weighted by molar-refractivity contribution is 7.10. The van der Waals surface area contributed by atoms with Crippen LogP contribution < -0.4 is 16.0 Å². The van der Waals surface area contributed by atoms with Crippen LogP contribution in [0, 0.1) is 5.82 Å². The third-order valence-corrected chi connectivity index (χ3v) is 4.56. The van der Waals surface area contributed by atoms with Crippen LogP contribution in [0.5, 0.6) is 0 Å². The first-order valence-electron chi connectivity index (χ1n) is 6.84. The van der Waals surface area contributed by atoms with E-state index >= 15 is 0 Å². The van der Waals surface area contributed by atoms with Crippen molar-refractivity contribution in [2.45, 2.75) is 19.4 Å². The Morgan fingerprint density at radius 3 is 2.70 bits per heavy atom. The Hall–Kier alpha value is -1.75. The smallest absolute Gasteiger partial charge is 0.148 e. The number of rotatable bonds is 4. The zero-order valence-corrected chi connectivity index (χ0v) is 12.0. The molecule has 1 saturated heterocycles. The second kappa shape index (κ2) is 5.71. The third-order valence-electron chi connectivity index (χ3n) is 3.63. The Morgan fingerprint density at radius 2 is 2.05 bits per heavy atom. The SMILES string of the molecule is Nc1ccsc1CNc1ccc(N2CCCC2)c(F)c1. The van der Waals surface area contributed by atoms with Crippen molar-refractivity contribution in [1.29, 1.82) is 0 Å². The predicted molar refractivity (Wildman–Crippen MR) is 83.9 cm³/mol. The molecule has 5 heteroatoms. The van der Waals surface area contributed by atoms with Crippen molar-refractivity contribution >= 4 is 28.4 Å². The van der Waals surface area contributed by atoms with Gasteiger partial charge in [-0.2, -0.15) is 0 Å². The van der Waals surface area contributed by atoms with Gasteiger partial charge in [-0.05, 0) is 42.5 Å². The first kappa shape index (κ1) is 13.2. The maximum atomic E-state index is 14.1. The molecule has 0 bridgehead atoms. The summed E-state index contributed by atoms with van der Waals surface area (Å²) in [6, 6.07) is 7.25. The van der Waals surface area contributed by atoms with Gasteiger partial charge in [0.05, 0.1) is 12.2 Å². The molecule has 0 atom stereocenters. The minimum atomic E-state index is -0.156. The molecule has 3 nitrogen and oxygen atoms in total. The van der Waals surface area contributed by atoms with Crippen molar-refractivity contribution < 1.29 is 4.39 Å². The number of hydrogen-bond acceptors (Lipinski definition) is 4. The highest BCUT2D eigenvalue weighted by Crippen LogP contribution is 2.27. The number of nitrogens with zero attached hydrogens (tertiary/aromatic N) is 1. The van der Waals surface area contributed by atoms with Crippen LogP contribution in [0.4, 0.5) is 21.5 Å². The molecule has 0 saturated carbocycles. The van der Waals surface area contributed by atoms with Crippen molar-refractivity contribution in [1.82, 2.24) is 0 Å². The fraction of sp³-hybridized carbons (Fsp3) is 0.333. The Balaban J connectivity index is 1.69. The van der Waals surface area contributed by atoms with E-state index in [1.165, 1.54) is 0 Å². The lowest BCUT2D eigenvalue weighted by atomic mass is 10.2. The molecule has 20 heavy (non-hydrogen) atoms. The van der Waals surface area contributed by atoms with Gasteiger partial charge in [-0.25, -0.2) is 4.39 Å². The summed E-state index contributed by atoms with van der Waals surface area (Å²) in [7, 11) is 0. The van der Waals surface area contributed by atoms with Crippen LogP contribution >= 0.6 is 11.3 Å². The zero-order chi connectivity index (χ0) is 13.9. The lowest BCUT2D eigenvalue weighted by molar-refractivity contribution is 0.623. The van der Waals surface area contributed by atoms with Crippen LogP contribution in [0.25, 0.3) is 0 Å². The molecule has 0 unspecified atom stereocenters. The van der Waals surface area contributed by atoms with E-state index in [1.807, 2.05) is 23.6 Å². The fourth-order valence-corrected chi connectivity index (χ4v) is 3.25. The van der Waals surface area contributed by atoms with E-state index in [0.717, 1.165) is 42.2 Å². The summed E-state index contributed by atoms with van der Waals surface area (Å²) >= 11 is 1.61. The largest absolute Gasteiger partial charge is 0.398 e. The van der Waals surface area contributed by atoms with Crippen molar-refractivity contribution in [3.8, 4) is 0 Å². The van der Waals surface area contributed by atoms with Crippen molar-refractivity contribution in [3.05, 3.63) is 40.3 Å². The normalized spacial score (nSPS) is 14.8. The summed E-state index contributed by atoms with van der Waals surface area (Å²) in [5, 5.41) is 5.18. The van der Waals surface area contributed by atoms with Gasteiger partial charge < -0.3 is 16.0 Å². The van der Waals surface area contributed by atoms with E-state index in [0.29, 0.717) is 12.2 Å². The first-order chi connectivity index (χ1) is 9.74. The molecule has 3 N–H and O–H groups in total. The minimum Gasteiger partial charge on any atom is -0.398 e. The van der Waals surface area contributed by atoms with Crippen LogP contribution in [-0.2, 0) is 6.54 Å². The van der Waals surface area contributed by atoms with Gasteiger partial charge in [-0.15, -0.1) is 11.3 Å². The number of anilines is 3. The van der Waals surface area contributed by atoms with E-state index in [4.69, 9.17) is 5.73 Å². The number of thiophene rings is 1. The monoisotopic (exact) mass is 291 g/mol. The van der Waals surface area contributed by atoms with Crippen LogP contribution in [-0.4, -0.2) is 13.1 Å². The highest BCUT2D eigenvalue weighted by atomic mass is 32.1. The summed E-state index contributed by atoms with van der Waals surface area (Å²) in [4.78, 5) is 3.19. The van der Waals surface area contributed by atoms with Gasteiger partial charge in [0.2, 0.25) is 0 Å². The Morgan fingerprint density at radius 1 is 1.25 bits per heavy atom. The summed E-state index contributed by atoms with van der Waals surface area (Å²) in [5.74, 6) is -0.156. The molecule has 3 rings (SSSR count). The predicted octanol–water partition coefficient (Wildman–Crippen LogP) is 3.68. The second-order valence-electron chi connectivity index (χ2n) is 5.01. The number of hydrogen-bond donors (Lipinski definition) is 2. The third kappa shape index (κ3) is 2.72. The topological polar surface area (TPSA) is 41.3 Å². The molecule has 0 radical (unpaired) electrons. The van der Waals surface area contributed by atoms with Crippen LogP contribution in [0.1, 0.15) is 17.7 Å². The standard InChI is InChI=1S/C15H18FN3S/c16-12-9-11(18-10-15-13(17)5-8-20-15)3-4-14(12)19-6-1-2-7-19/h3-5,8-9,18H,1-2,6-7,10,17H2. The van der Waals surface area contributed by atoms with Crippen LogP contribution in [0.15, 0.2) is 29.6 Å². The summed E-state index contributed by atoms with van der Waals surface area (Å²) < 4.78 is 14.1. The Bertz CT molecular complexity index is 591. The van der Waals surface area contributed by atoms with Gasteiger partial charge in [-0.1, -0.05) is 0 Å². The highest BCUT2D eigenvalue weighted by Gasteiger charge is 2.16. The molecule has 1 aromatic carbocycles. The molecule has 1 aliphatic rings. The van der Waals surface area contributed by atoms with Crippen molar-refractivity contribution in [2.24, 2.45) is 0 Å². The summed E-state index contributed by atoms with van der Waals surface area (Å²) in [5.41, 5.74) is 8.12. The minimum absolute atomic E-state index is 0.156. The number of benzene rings is 1. The van der Waals surface area contributed by atoms with Gasteiger partial charge in [0.1, 0.15) is 5.82 Å². The lowest BCUT2D eigenvalue weighted by Crippen LogP contribution is -2.18. The average Bonchev–Trinajstić information content (AvgIpc) is 3.08. The maximum Gasteiger partial charge on any atom is 0.148 e. The van der Waals surface area contributed by atoms with Gasteiger partial charge in [0.25, 0.3) is 0 Å². The van der Waals surface area contributed by atoms with Gasteiger partial charge in [-0.3, -0.25) is 0 Å². The van der Waals surface area contributed by atoms with Gasteiger partial charge in [0.15, 0.2) is 0 Å². The first-order valence-corrected chi connectivity index (χ1v) is 7.72. The van der Waals surface area contributed by atoms with Gasteiger partial charge >= 0.3 is 0 Å². The van der Waals surface area contributed by atoms with E-state index in [-0.39, 0.29) is 5.82 Å². The molecule has 1 aliphatic heterocycles. The maximum absolute atomic E-state index is 14.1. The molecular weight excluding hydrogens is 273 g/mol. The molecule has 106 valence electrons. The lowest BCUT2D eigenvalue weighted by Gasteiger charge is -2.19. The van der Waals surface area contributed by atoms with E-state index in [1.54, 1.807) is 17.4 Å². The Kier molecular flexibility index (Phi) is 3.78. The van der Waals surface area contributed by atoms with Crippen molar-refractivity contribution in [3.63, 3.8) is 0 Å². The Labute approximate surface area is 122 Å². The van der Waals surface area contributed by atoms with E-state index < -0.39 is 0 Å². The number of nitrogens with one attached hydrogen (secondary N) is 1. The number of halogens is 1. The molecule has 1 aromatic heterocycles. The molecule has 0 aliphatic carbocycles. The molecular formula is C15H18FN3S. The van der Waals surface area contributed by atoms with Crippen LogP contribution in [0.2, 0.25) is 0 Å². The van der Waals surface area contributed by atoms with Gasteiger partial charge in [0, 0.05) is 29.3 Å². The number of nitrogen functional groups attached to an aromatic ring is 1. The van der Waals surface area contributed by atoms with E-state index in [9.17, 15) is 4.39 Å². The second-order valence-corrected chi connectivity index (χ2v) is 6.01. The van der Waals surface area contributed by atoms with Crippen molar-refractivity contribution in [2.75, 3.05) is 29.0 Å².